The maximum Gasteiger partial charge on any atom is 0.140 e. The molecule has 3 heteroatoms. The van der Waals surface area contributed by atoms with Gasteiger partial charge in [-0.1, -0.05) is 17.1 Å². The highest BCUT2D eigenvalue weighted by molar-refractivity contribution is 6.34. The third kappa shape index (κ3) is 2.62. The molecule has 0 aliphatic carbocycles. The van der Waals surface area contributed by atoms with Crippen LogP contribution in [0.5, 0.6) is 0 Å². The zero-order valence-corrected chi connectivity index (χ0v) is 13.7. The van der Waals surface area contributed by atoms with Gasteiger partial charge in [0.25, 0.3) is 0 Å². The van der Waals surface area contributed by atoms with E-state index in [9.17, 15) is 0 Å². The predicted octanol–water partition coefficient (Wildman–Crippen LogP) is 2.51. The number of hydrogen-bond acceptors (Lipinski definition) is 1. The van der Waals surface area contributed by atoms with Gasteiger partial charge in [0.15, 0.2) is 0 Å². The second-order valence-corrected chi connectivity index (χ2v) is 6.48. The van der Waals surface area contributed by atoms with Gasteiger partial charge in [0, 0.05) is 31.2 Å². The van der Waals surface area contributed by atoms with Crippen molar-refractivity contribution in [2.75, 3.05) is 18.0 Å². The first-order valence-corrected chi connectivity index (χ1v) is 8.02. The van der Waals surface area contributed by atoms with E-state index in [-0.39, 0.29) is 0 Å². The Kier molecular flexibility index (Phi) is 3.84. The van der Waals surface area contributed by atoms with Gasteiger partial charge < -0.3 is 9.47 Å². The molecule has 110 valence electrons. The zero-order chi connectivity index (χ0) is 15.0. The van der Waals surface area contributed by atoms with Crippen LogP contribution in [0.2, 0.25) is 0 Å². The Balaban J connectivity index is 1.92. The molecule has 1 unspecified atom stereocenters. The summed E-state index contributed by atoms with van der Waals surface area (Å²) in [6, 6.07) is 7.21. The van der Waals surface area contributed by atoms with Crippen LogP contribution >= 0.6 is 0 Å². The fraction of sp³-hybridized carbons (Fsp3) is 0.444. The summed E-state index contributed by atoms with van der Waals surface area (Å²) < 4.78 is 2.37. The van der Waals surface area contributed by atoms with Crippen molar-refractivity contribution in [1.29, 1.82) is 0 Å². The minimum atomic E-state index is 0.606. The fourth-order valence-electron chi connectivity index (χ4n) is 3.75. The molecule has 0 saturated carbocycles. The molecule has 2 nitrogen and oxygen atoms in total. The highest BCUT2D eigenvalue weighted by atomic mass is 15.2. The average Bonchev–Trinajstić information content (AvgIpc) is 2.99. The Bertz CT molecular complexity index is 631. The van der Waals surface area contributed by atoms with E-state index in [2.05, 4.69) is 68.7 Å². The van der Waals surface area contributed by atoms with Crippen molar-refractivity contribution < 1.29 is 0 Å². The normalized spacial score (nSPS) is 19.0. The van der Waals surface area contributed by atoms with Crippen LogP contribution in [0.15, 0.2) is 30.6 Å². The molecular formula is C18H25BN2. The van der Waals surface area contributed by atoms with E-state index >= 15 is 0 Å². The third-order valence-corrected chi connectivity index (χ3v) is 5.08. The molecule has 3 rings (SSSR count). The van der Waals surface area contributed by atoms with Crippen LogP contribution in [-0.2, 0) is 0 Å². The van der Waals surface area contributed by atoms with Crippen molar-refractivity contribution in [2.24, 2.45) is 0 Å². The minimum absolute atomic E-state index is 0.606. The Labute approximate surface area is 129 Å². The lowest BCUT2D eigenvalue weighted by Crippen LogP contribution is -2.38. The quantitative estimate of drug-likeness (QED) is 0.767. The van der Waals surface area contributed by atoms with E-state index in [1.807, 2.05) is 0 Å². The van der Waals surface area contributed by atoms with Crippen molar-refractivity contribution in [3.8, 4) is 0 Å². The predicted molar refractivity (Wildman–Crippen MR) is 93.7 cm³/mol. The molecule has 0 spiro atoms. The number of hydrogen-bond donors (Lipinski definition) is 0. The minimum Gasteiger partial charge on any atom is -0.369 e. The number of aromatic nitrogens is 1. The van der Waals surface area contributed by atoms with Gasteiger partial charge in [0.05, 0.1) is 6.04 Å². The lowest BCUT2D eigenvalue weighted by Gasteiger charge is -2.37. The summed E-state index contributed by atoms with van der Waals surface area (Å²) in [5, 5.41) is 0. The van der Waals surface area contributed by atoms with E-state index in [0.29, 0.717) is 6.04 Å². The number of piperidine rings is 1. The molecule has 1 aromatic carbocycles. The second kappa shape index (κ2) is 5.63. The van der Waals surface area contributed by atoms with Gasteiger partial charge in [0.1, 0.15) is 7.85 Å². The summed E-state index contributed by atoms with van der Waals surface area (Å²) in [5.41, 5.74) is 7.20. The molecule has 0 bridgehead atoms. The van der Waals surface area contributed by atoms with Crippen molar-refractivity contribution in [2.45, 2.75) is 39.7 Å². The summed E-state index contributed by atoms with van der Waals surface area (Å²) >= 11 is 0. The molecule has 0 radical (unpaired) electrons. The van der Waals surface area contributed by atoms with Crippen molar-refractivity contribution in [3.63, 3.8) is 0 Å². The molecule has 1 atom stereocenters. The van der Waals surface area contributed by atoms with Gasteiger partial charge in [-0.15, -0.1) is 0 Å². The van der Waals surface area contributed by atoms with E-state index in [4.69, 9.17) is 0 Å². The van der Waals surface area contributed by atoms with Crippen LogP contribution in [-0.4, -0.2) is 25.5 Å². The van der Waals surface area contributed by atoms with E-state index in [1.54, 1.807) is 0 Å². The summed E-state index contributed by atoms with van der Waals surface area (Å²) in [6.07, 6.45) is 6.96. The molecule has 0 N–H and O–H groups in total. The summed E-state index contributed by atoms with van der Waals surface area (Å²) in [5.74, 6) is 0. The number of aryl methyl sites for hydroxylation is 2. The van der Waals surface area contributed by atoms with Crippen LogP contribution < -0.4 is 10.4 Å². The van der Waals surface area contributed by atoms with Crippen molar-refractivity contribution in [3.05, 3.63) is 47.3 Å². The Morgan fingerprint density at radius 1 is 1.10 bits per heavy atom. The second-order valence-electron chi connectivity index (χ2n) is 6.48. The zero-order valence-electron chi connectivity index (χ0n) is 13.7. The lowest BCUT2D eigenvalue weighted by molar-refractivity contribution is 0.406. The smallest absolute Gasteiger partial charge is 0.140 e. The van der Waals surface area contributed by atoms with Crippen molar-refractivity contribution in [1.82, 2.24) is 4.57 Å². The Morgan fingerprint density at radius 3 is 2.52 bits per heavy atom. The van der Waals surface area contributed by atoms with E-state index in [1.165, 1.54) is 47.2 Å². The fourth-order valence-corrected chi connectivity index (χ4v) is 3.75. The van der Waals surface area contributed by atoms with Crippen LogP contribution in [0.4, 0.5) is 5.69 Å². The van der Waals surface area contributed by atoms with Gasteiger partial charge in [-0.3, -0.25) is 0 Å². The molecular weight excluding hydrogens is 255 g/mol. The van der Waals surface area contributed by atoms with Gasteiger partial charge in [-0.2, -0.15) is 0 Å². The van der Waals surface area contributed by atoms with Crippen molar-refractivity contribution >= 4 is 19.0 Å². The van der Waals surface area contributed by atoms with E-state index < -0.39 is 0 Å². The first-order valence-electron chi connectivity index (χ1n) is 8.02. The molecule has 1 aliphatic heterocycles. The van der Waals surface area contributed by atoms with Gasteiger partial charge >= 0.3 is 0 Å². The number of nitrogens with zero attached hydrogens (tertiary/aromatic N) is 2. The van der Waals surface area contributed by atoms with Crippen LogP contribution in [0.3, 0.4) is 0 Å². The molecule has 21 heavy (non-hydrogen) atoms. The Hall–Kier alpha value is -1.64. The first-order chi connectivity index (χ1) is 10.1. The van der Waals surface area contributed by atoms with Crippen LogP contribution in [0.1, 0.15) is 35.6 Å². The first kappa shape index (κ1) is 14.3. The molecule has 2 heterocycles. The summed E-state index contributed by atoms with van der Waals surface area (Å²) in [7, 11) is 2.25. The maximum atomic E-state index is 2.60. The topological polar surface area (TPSA) is 8.17 Å². The number of benzene rings is 1. The molecule has 1 aromatic heterocycles. The molecule has 1 saturated heterocycles. The third-order valence-electron chi connectivity index (χ3n) is 5.08. The van der Waals surface area contributed by atoms with E-state index in [0.717, 1.165) is 6.54 Å². The average molecular weight is 280 g/mol. The SMILES string of the molecule is Bc1c(C)cc(C)c(N2CCCC(n3cccc3)C2)c1C. The van der Waals surface area contributed by atoms with Gasteiger partial charge in [-0.05, 0) is 56.9 Å². The largest absolute Gasteiger partial charge is 0.369 e. The van der Waals surface area contributed by atoms with Gasteiger partial charge in [0.2, 0.25) is 0 Å². The lowest BCUT2D eigenvalue weighted by atomic mass is 9.84. The Morgan fingerprint density at radius 2 is 1.81 bits per heavy atom. The molecule has 1 aliphatic rings. The standard InChI is InChI=1S/C18H25BN2/c1-13-11-14(2)18(15(3)17(13)19)21-10-6-7-16(12-21)20-8-4-5-9-20/h4-5,8-9,11,16H,6-7,10,12,19H2,1-3H3. The highest BCUT2D eigenvalue weighted by Gasteiger charge is 2.23. The monoisotopic (exact) mass is 280 g/mol. The number of anilines is 1. The molecule has 0 amide bonds. The summed E-state index contributed by atoms with van der Waals surface area (Å²) in [4.78, 5) is 2.60. The molecule has 2 aromatic rings. The molecule has 1 fully saturated rings. The highest BCUT2D eigenvalue weighted by Crippen LogP contribution is 2.30. The van der Waals surface area contributed by atoms with Crippen LogP contribution in [0.25, 0.3) is 0 Å². The number of rotatable bonds is 2. The summed E-state index contributed by atoms with van der Waals surface area (Å²) in [6.45, 7) is 9.07. The van der Waals surface area contributed by atoms with Crippen LogP contribution in [0, 0.1) is 20.8 Å². The maximum absolute atomic E-state index is 2.60. The van der Waals surface area contributed by atoms with Gasteiger partial charge in [-0.25, -0.2) is 0 Å².